The quantitative estimate of drug-likeness (QED) is 0.441. The third-order valence-electron chi connectivity index (χ3n) is 2.10. The zero-order valence-corrected chi connectivity index (χ0v) is 8.09. The van der Waals surface area contributed by atoms with E-state index in [4.69, 9.17) is 0 Å². The first-order valence-electron chi connectivity index (χ1n) is 4.30. The van der Waals surface area contributed by atoms with Gasteiger partial charge in [0, 0.05) is 11.1 Å². The molecule has 0 atom stereocenters. The molecule has 86 valence electrons. The van der Waals surface area contributed by atoms with Gasteiger partial charge in [-0.3, -0.25) is 4.79 Å². The molecule has 0 aromatic heterocycles. The Morgan fingerprint density at radius 1 is 1.12 bits per heavy atom. The smallest absolute Gasteiger partial charge is 0.298 e. The Morgan fingerprint density at radius 3 is 2.19 bits per heavy atom. The van der Waals surface area contributed by atoms with Crippen molar-refractivity contribution in [3.05, 3.63) is 48.0 Å². The highest BCUT2D eigenvalue weighted by atomic mass is 19.3. The number of hydrogen-bond donors (Lipinski definition) is 0. The Bertz CT molecular complexity index is 412. The molecule has 5 heteroatoms. The van der Waals surface area contributed by atoms with Gasteiger partial charge in [0.15, 0.2) is 6.29 Å². The Kier molecular flexibility index (Phi) is 3.16. The zero-order valence-electron chi connectivity index (χ0n) is 8.09. The lowest BCUT2D eigenvalue weighted by molar-refractivity contribution is -0.186. The van der Waals surface area contributed by atoms with Crippen LogP contribution in [0.4, 0.5) is 17.6 Å². The molecule has 0 aliphatic heterocycles. The minimum atomic E-state index is -4.45. The van der Waals surface area contributed by atoms with Gasteiger partial charge in [0.05, 0.1) is 0 Å². The first-order valence-corrected chi connectivity index (χ1v) is 4.30. The van der Waals surface area contributed by atoms with E-state index in [9.17, 15) is 22.4 Å². The summed E-state index contributed by atoms with van der Waals surface area (Å²) >= 11 is 0. The van der Waals surface area contributed by atoms with E-state index in [-0.39, 0.29) is 12.4 Å². The van der Waals surface area contributed by atoms with Crippen LogP contribution in [0.5, 0.6) is 0 Å². The predicted octanol–water partition coefficient (Wildman–Crippen LogP) is 3.41. The Hall–Kier alpha value is -1.65. The lowest BCUT2D eigenvalue weighted by Crippen LogP contribution is -2.36. The molecule has 1 rings (SSSR count). The molecule has 0 bridgehead atoms. The number of benzene rings is 1. The molecule has 0 heterocycles. The van der Waals surface area contributed by atoms with E-state index in [2.05, 4.69) is 6.58 Å². The second kappa shape index (κ2) is 4.08. The normalized spacial score (nSPS) is 12.2. The van der Waals surface area contributed by atoms with Crippen LogP contribution in [0.2, 0.25) is 0 Å². The third-order valence-corrected chi connectivity index (χ3v) is 2.10. The lowest BCUT2D eigenvalue weighted by Gasteiger charge is -2.24. The van der Waals surface area contributed by atoms with E-state index in [0.29, 0.717) is 0 Å². The van der Waals surface area contributed by atoms with Crippen molar-refractivity contribution < 1.29 is 22.4 Å². The highest BCUT2D eigenvalue weighted by molar-refractivity contribution is 5.77. The van der Waals surface area contributed by atoms with Crippen LogP contribution in [-0.2, 0) is 5.92 Å². The van der Waals surface area contributed by atoms with Crippen LogP contribution in [0, 0.1) is 0 Å². The molecule has 0 saturated heterocycles. The number of aldehydes is 1. The van der Waals surface area contributed by atoms with E-state index in [1.165, 1.54) is 6.07 Å². The molecule has 0 spiro atoms. The highest BCUT2D eigenvalue weighted by Crippen LogP contribution is 2.44. The van der Waals surface area contributed by atoms with Crippen LogP contribution < -0.4 is 0 Å². The van der Waals surface area contributed by atoms with Crippen molar-refractivity contribution >= 4 is 6.29 Å². The number of carbonyl (C=O) groups excluding carboxylic acids is 1. The largest absolute Gasteiger partial charge is 0.339 e. The number of rotatable bonds is 4. The van der Waals surface area contributed by atoms with Crippen molar-refractivity contribution in [1.82, 2.24) is 0 Å². The van der Waals surface area contributed by atoms with E-state index in [1.54, 1.807) is 0 Å². The predicted molar refractivity (Wildman–Crippen MR) is 50.9 cm³/mol. The fourth-order valence-corrected chi connectivity index (χ4v) is 1.19. The molecule has 1 nitrogen and oxygen atoms in total. The summed E-state index contributed by atoms with van der Waals surface area (Å²) in [6, 6.07) is 4.32. The summed E-state index contributed by atoms with van der Waals surface area (Å²) in [5.41, 5.74) is -1.47. The van der Waals surface area contributed by atoms with Crippen molar-refractivity contribution in [2.75, 3.05) is 0 Å². The maximum Gasteiger partial charge on any atom is 0.339 e. The molecule has 0 radical (unpaired) electrons. The maximum atomic E-state index is 13.4. The SMILES string of the molecule is C=CC(F)(F)C(F)(F)c1ccccc1C=O. The van der Waals surface area contributed by atoms with Crippen LogP contribution in [0.15, 0.2) is 36.9 Å². The van der Waals surface area contributed by atoms with Gasteiger partial charge >= 0.3 is 11.8 Å². The number of hydrogen-bond acceptors (Lipinski definition) is 1. The molecule has 0 fully saturated rings. The summed E-state index contributed by atoms with van der Waals surface area (Å²) in [6.07, 6.45) is -0.0169. The number of alkyl halides is 4. The summed E-state index contributed by atoms with van der Waals surface area (Å²) in [5, 5.41) is 0. The van der Waals surface area contributed by atoms with Crippen molar-refractivity contribution in [3.63, 3.8) is 0 Å². The first-order chi connectivity index (χ1) is 7.36. The average Bonchev–Trinajstić information content (AvgIpc) is 2.28. The fraction of sp³-hybridized carbons (Fsp3) is 0.182. The molecule has 0 N–H and O–H groups in total. The van der Waals surface area contributed by atoms with E-state index in [1.807, 2.05) is 0 Å². The molecule has 0 aliphatic rings. The fourth-order valence-electron chi connectivity index (χ4n) is 1.19. The van der Waals surface area contributed by atoms with Crippen LogP contribution >= 0.6 is 0 Å². The molecule has 16 heavy (non-hydrogen) atoms. The van der Waals surface area contributed by atoms with Gasteiger partial charge in [0.1, 0.15) is 0 Å². The van der Waals surface area contributed by atoms with Gasteiger partial charge in [-0.2, -0.15) is 17.6 Å². The highest BCUT2D eigenvalue weighted by Gasteiger charge is 2.55. The van der Waals surface area contributed by atoms with Gasteiger partial charge < -0.3 is 0 Å². The maximum absolute atomic E-state index is 13.4. The Balaban J connectivity index is 3.37. The minimum absolute atomic E-state index is 0.114. The van der Waals surface area contributed by atoms with Crippen LogP contribution in [0.25, 0.3) is 0 Å². The summed E-state index contributed by atoms with van der Waals surface area (Å²) in [4.78, 5) is 10.5. The molecule has 1 aromatic carbocycles. The van der Waals surface area contributed by atoms with E-state index < -0.39 is 23.0 Å². The molecule has 0 saturated carbocycles. The molecular weight excluding hydrogens is 224 g/mol. The average molecular weight is 232 g/mol. The van der Waals surface area contributed by atoms with Gasteiger partial charge in [-0.25, -0.2) is 0 Å². The number of allylic oxidation sites excluding steroid dienone is 1. The molecule has 0 unspecified atom stereocenters. The van der Waals surface area contributed by atoms with Gasteiger partial charge in [-0.15, -0.1) is 0 Å². The molecule has 0 amide bonds. The number of carbonyl (C=O) groups is 1. The van der Waals surface area contributed by atoms with Crippen LogP contribution in [-0.4, -0.2) is 12.2 Å². The Morgan fingerprint density at radius 2 is 1.69 bits per heavy atom. The van der Waals surface area contributed by atoms with Gasteiger partial charge in [-0.05, 0) is 6.08 Å². The van der Waals surface area contributed by atoms with Crippen LogP contribution in [0.1, 0.15) is 15.9 Å². The number of halogens is 4. The van der Waals surface area contributed by atoms with E-state index >= 15 is 0 Å². The molecule has 0 aliphatic carbocycles. The standard InChI is InChI=1S/C11H8F4O/c1-2-10(12,13)11(14,15)9-6-4-3-5-8(9)7-16/h2-7H,1H2. The summed E-state index contributed by atoms with van der Waals surface area (Å²) in [7, 11) is 0. The topological polar surface area (TPSA) is 17.1 Å². The van der Waals surface area contributed by atoms with Crippen molar-refractivity contribution in [1.29, 1.82) is 0 Å². The van der Waals surface area contributed by atoms with E-state index in [0.717, 1.165) is 18.2 Å². The zero-order chi connectivity index (χ0) is 12.4. The second-order valence-corrected chi connectivity index (χ2v) is 3.11. The van der Waals surface area contributed by atoms with Crippen molar-refractivity contribution in [2.45, 2.75) is 11.8 Å². The van der Waals surface area contributed by atoms with Gasteiger partial charge in [0.25, 0.3) is 0 Å². The minimum Gasteiger partial charge on any atom is -0.298 e. The monoisotopic (exact) mass is 232 g/mol. The van der Waals surface area contributed by atoms with Crippen molar-refractivity contribution in [3.8, 4) is 0 Å². The Labute approximate surface area is 89.4 Å². The lowest BCUT2D eigenvalue weighted by atomic mass is 9.97. The van der Waals surface area contributed by atoms with Crippen molar-refractivity contribution in [2.24, 2.45) is 0 Å². The van der Waals surface area contributed by atoms with Crippen LogP contribution in [0.3, 0.4) is 0 Å². The second-order valence-electron chi connectivity index (χ2n) is 3.11. The summed E-state index contributed by atoms with van der Waals surface area (Å²) in [6.45, 7) is 2.66. The first kappa shape index (κ1) is 12.4. The summed E-state index contributed by atoms with van der Waals surface area (Å²) < 4.78 is 52.7. The molecule has 1 aromatic rings. The summed E-state index contributed by atoms with van der Waals surface area (Å²) in [5.74, 6) is -8.85. The van der Waals surface area contributed by atoms with Gasteiger partial charge in [-0.1, -0.05) is 30.8 Å². The third kappa shape index (κ3) is 1.85. The van der Waals surface area contributed by atoms with Gasteiger partial charge in [0.2, 0.25) is 0 Å². The molecular formula is C11H8F4O.